The second kappa shape index (κ2) is 8.87. The molecule has 2 N–H and O–H groups in total. The van der Waals surface area contributed by atoms with Crippen LogP contribution in [0, 0.1) is 6.92 Å². The van der Waals surface area contributed by atoms with Gasteiger partial charge in [-0.05, 0) is 63.1 Å². The Kier molecular flexibility index (Phi) is 6.03. The molecule has 0 radical (unpaired) electrons. The van der Waals surface area contributed by atoms with Gasteiger partial charge in [-0.25, -0.2) is 9.97 Å². The molecule has 0 fully saturated rings. The number of aromatic nitrogens is 4. The largest absolute Gasteiger partial charge is 0.328 e. The Labute approximate surface area is 179 Å². The molecule has 3 heterocycles. The van der Waals surface area contributed by atoms with E-state index in [-0.39, 0.29) is 17.9 Å². The highest BCUT2D eigenvalue weighted by atomic mass is 32.2. The van der Waals surface area contributed by atoms with E-state index < -0.39 is 0 Å². The number of rotatable bonds is 6. The molecule has 0 bridgehead atoms. The van der Waals surface area contributed by atoms with E-state index in [0.717, 1.165) is 30.0 Å². The number of amides is 1. The Balaban J connectivity index is 1.39. The molecule has 1 aliphatic rings. The van der Waals surface area contributed by atoms with E-state index in [0.29, 0.717) is 22.8 Å². The van der Waals surface area contributed by atoms with Crippen molar-refractivity contribution in [1.29, 1.82) is 0 Å². The minimum absolute atomic E-state index is 0.131. The zero-order chi connectivity index (χ0) is 21.1. The lowest BCUT2D eigenvalue weighted by atomic mass is 10.1. The molecule has 4 rings (SSSR count). The zero-order valence-electron chi connectivity index (χ0n) is 17.2. The number of nitrogens with zero attached hydrogens (tertiary/aromatic N) is 3. The van der Waals surface area contributed by atoms with Crippen LogP contribution in [0.3, 0.4) is 0 Å². The summed E-state index contributed by atoms with van der Waals surface area (Å²) in [7, 11) is 0. The Morgan fingerprint density at radius 1 is 1.27 bits per heavy atom. The maximum Gasteiger partial charge on any atom is 0.254 e. The van der Waals surface area contributed by atoms with E-state index in [4.69, 9.17) is 0 Å². The quantitative estimate of drug-likeness (QED) is 0.467. The molecule has 0 saturated carbocycles. The Morgan fingerprint density at radius 2 is 2.07 bits per heavy atom. The molecule has 2 aromatic heterocycles. The standard InChI is InChI=1S/C22H25N5O2S/c1-14-18(21(29)26-22(24-14)30-2)10-11-19(28)25-16-8-6-15(7-9-16)20-23-13-17-5-3-4-12-27(17)20/h6-9,13H,3-5,10-12H2,1-2H3,(H,25,28)(H,24,26,29). The zero-order valence-corrected chi connectivity index (χ0v) is 18.0. The first-order chi connectivity index (χ1) is 14.5. The van der Waals surface area contributed by atoms with Gasteiger partial charge in [0.2, 0.25) is 5.91 Å². The van der Waals surface area contributed by atoms with Gasteiger partial charge in [0, 0.05) is 47.4 Å². The van der Waals surface area contributed by atoms with Crippen molar-refractivity contribution >= 4 is 23.4 Å². The van der Waals surface area contributed by atoms with E-state index in [2.05, 4.69) is 24.8 Å². The summed E-state index contributed by atoms with van der Waals surface area (Å²) < 4.78 is 2.29. The smallest absolute Gasteiger partial charge is 0.254 e. The average molecular weight is 424 g/mol. The van der Waals surface area contributed by atoms with E-state index in [9.17, 15) is 9.59 Å². The van der Waals surface area contributed by atoms with E-state index in [1.807, 2.05) is 36.7 Å². The molecular weight excluding hydrogens is 398 g/mol. The molecule has 156 valence electrons. The monoisotopic (exact) mass is 423 g/mol. The van der Waals surface area contributed by atoms with Gasteiger partial charge < -0.3 is 14.9 Å². The Morgan fingerprint density at radius 3 is 2.80 bits per heavy atom. The van der Waals surface area contributed by atoms with Crippen LogP contribution in [0.5, 0.6) is 0 Å². The van der Waals surface area contributed by atoms with Crippen molar-refractivity contribution in [3.8, 4) is 11.4 Å². The maximum atomic E-state index is 12.4. The molecule has 3 aromatic rings. The number of hydrogen-bond donors (Lipinski definition) is 2. The molecule has 1 aliphatic heterocycles. The number of imidazole rings is 1. The van der Waals surface area contributed by atoms with E-state index in [1.54, 1.807) is 6.92 Å². The van der Waals surface area contributed by atoms with Gasteiger partial charge >= 0.3 is 0 Å². The Bertz CT molecular complexity index is 1120. The van der Waals surface area contributed by atoms with Crippen LogP contribution in [0.4, 0.5) is 5.69 Å². The number of nitrogens with one attached hydrogen (secondary N) is 2. The molecule has 0 unspecified atom stereocenters. The summed E-state index contributed by atoms with van der Waals surface area (Å²) in [6.07, 6.45) is 7.89. The number of carbonyl (C=O) groups excluding carboxylic acids is 1. The van der Waals surface area contributed by atoms with Crippen LogP contribution in [-0.2, 0) is 24.2 Å². The summed E-state index contributed by atoms with van der Waals surface area (Å²) in [6.45, 7) is 2.81. The summed E-state index contributed by atoms with van der Waals surface area (Å²) in [6, 6.07) is 7.76. The van der Waals surface area contributed by atoms with Gasteiger partial charge in [0.25, 0.3) is 5.56 Å². The SMILES string of the molecule is CSc1nc(C)c(CCC(=O)Nc2ccc(-c3ncc4n3CCCC4)cc2)c(=O)[nH]1. The highest BCUT2D eigenvalue weighted by Gasteiger charge is 2.15. The van der Waals surface area contributed by atoms with Gasteiger partial charge in [0.1, 0.15) is 5.82 Å². The van der Waals surface area contributed by atoms with Crippen LogP contribution in [-0.4, -0.2) is 31.7 Å². The van der Waals surface area contributed by atoms with Crippen molar-refractivity contribution in [2.45, 2.75) is 50.7 Å². The minimum atomic E-state index is -0.174. The first-order valence-corrected chi connectivity index (χ1v) is 11.4. The van der Waals surface area contributed by atoms with Crippen molar-refractivity contribution in [2.75, 3.05) is 11.6 Å². The third-order valence-corrected chi connectivity index (χ3v) is 6.01. The predicted octanol–water partition coefficient (Wildman–Crippen LogP) is 3.57. The summed E-state index contributed by atoms with van der Waals surface area (Å²) in [5.41, 5.74) is 4.12. The van der Waals surface area contributed by atoms with Crippen LogP contribution in [0.15, 0.2) is 40.4 Å². The van der Waals surface area contributed by atoms with Crippen LogP contribution >= 0.6 is 11.8 Å². The summed E-state index contributed by atoms with van der Waals surface area (Å²) >= 11 is 1.39. The summed E-state index contributed by atoms with van der Waals surface area (Å²) in [5, 5.41) is 3.49. The lowest BCUT2D eigenvalue weighted by Gasteiger charge is -2.16. The van der Waals surface area contributed by atoms with Gasteiger partial charge in [-0.2, -0.15) is 0 Å². The molecule has 0 spiro atoms. The summed E-state index contributed by atoms with van der Waals surface area (Å²) in [5.74, 6) is 0.854. The third kappa shape index (κ3) is 4.33. The molecule has 0 saturated heterocycles. The Hall–Kier alpha value is -2.87. The van der Waals surface area contributed by atoms with E-state index in [1.165, 1.54) is 30.3 Å². The number of aryl methyl sites for hydroxylation is 2. The van der Waals surface area contributed by atoms with Crippen molar-refractivity contribution in [3.05, 3.63) is 57.8 Å². The first kappa shape index (κ1) is 20.4. The number of thioether (sulfide) groups is 1. The highest BCUT2D eigenvalue weighted by molar-refractivity contribution is 7.98. The predicted molar refractivity (Wildman–Crippen MR) is 119 cm³/mol. The van der Waals surface area contributed by atoms with E-state index >= 15 is 0 Å². The van der Waals surface area contributed by atoms with Crippen LogP contribution < -0.4 is 10.9 Å². The normalized spacial score (nSPS) is 13.1. The number of H-pyrrole nitrogens is 1. The second-order valence-corrected chi connectivity index (χ2v) is 8.24. The number of hydrogen-bond acceptors (Lipinski definition) is 5. The van der Waals surface area contributed by atoms with Crippen molar-refractivity contribution in [1.82, 2.24) is 19.5 Å². The number of anilines is 1. The topological polar surface area (TPSA) is 92.7 Å². The molecule has 1 aromatic carbocycles. The average Bonchev–Trinajstić information content (AvgIpc) is 3.17. The van der Waals surface area contributed by atoms with Gasteiger partial charge in [0.15, 0.2) is 5.16 Å². The van der Waals surface area contributed by atoms with Crippen molar-refractivity contribution in [3.63, 3.8) is 0 Å². The molecule has 7 nitrogen and oxygen atoms in total. The second-order valence-electron chi connectivity index (χ2n) is 7.45. The first-order valence-electron chi connectivity index (χ1n) is 10.1. The molecule has 0 aliphatic carbocycles. The fourth-order valence-electron chi connectivity index (χ4n) is 3.81. The number of benzene rings is 1. The van der Waals surface area contributed by atoms with Crippen molar-refractivity contribution < 1.29 is 4.79 Å². The molecular formula is C22H25N5O2S. The fraction of sp³-hybridized carbons (Fsp3) is 0.364. The van der Waals surface area contributed by atoms with Crippen molar-refractivity contribution in [2.24, 2.45) is 0 Å². The van der Waals surface area contributed by atoms with Crippen LogP contribution in [0.25, 0.3) is 11.4 Å². The highest BCUT2D eigenvalue weighted by Crippen LogP contribution is 2.25. The van der Waals surface area contributed by atoms with Gasteiger partial charge in [-0.3, -0.25) is 9.59 Å². The van der Waals surface area contributed by atoms with Gasteiger partial charge in [-0.15, -0.1) is 0 Å². The number of fused-ring (bicyclic) bond motifs is 1. The lowest BCUT2D eigenvalue weighted by Crippen LogP contribution is -2.20. The lowest BCUT2D eigenvalue weighted by molar-refractivity contribution is -0.116. The van der Waals surface area contributed by atoms with Gasteiger partial charge in [0.05, 0.1) is 0 Å². The summed E-state index contributed by atoms with van der Waals surface area (Å²) in [4.78, 5) is 36.2. The van der Waals surface area contributed by atoms with Gasteiger partial charge in [-0.1, -0.05) is 11.8 Å². The maximum absolute atomic E-state index is 12.4. The number of carbonyl (C=O) groups is 1. The van der Waals surface area contributed by atoms with Crippen LogP contribution in [0.1, 0.15) is 36.2 Å². The molecule has 0 atom stereocenters. The fourth-order valence-corrected chi connectivity index (χ4v) is 4.23. The molecule has 1 amide bonds. The number of aromatic amines is 1. The molecule has 30 heavy (non-hydrogen) atoms. The third-order valence-electron chi connectivity index (χ3n) is 5.43. The minimum Gasteiger partial charge on any atom is -0.328 e. The molecule has 8 heteroatoms. The van der Waals surface area contributed by atoms with Crippen LogP contribution in [0.2, 0.25) is 0 Å².